The first kappa shape index (κ1) is 31.7. The van der Waals surface area contributed by atoms with Gasteiger partial charge in [-0.1, -0.05) is 39.5 Å². The largest absolute Gasteiger partial charge is 0.172 e. The van der Waals surface area contributed by atoms with Gasteiger partial charge in [-0.25, -0.2) is 0 Å². The molecule has 0 spiro atoms. The highest BCUT2D eigenvalue weighted by atomic mass is 32.1. The van der Waals surface area contributed by atoms with Gasteiger partial charge in [-0.15, -0.1) is 45.3 Å². The molecule has 48 heavy (non-hydrogen) atoms. The lowest BCUT2D eigenvalue weighted by atomic mass is 10.1. The van der Waals surface area contributed by atoms with E-state index in [0.29, 0.717) is 11.8 Å². The molecule has 0 saturated heterocycles. The van der Waals surface area contributed by atoms with Crippen LogP contribution in [-0.4, -0.2) is 17.5 Å². The SMILES string of the molecule is CC(C)Cc1ccc(-c2ccc(-c3ccc(C#Cc4ccc(-c5ccc(-c6ccc(CC(C)C)s6)s5)c5nsnc45)c4nsnc34)s2)s1. The minimum absolute atomic E-state index is 0.658. The third-order valence-electron chi connectivity index (χ3n) is 7.93. The maximum atomic E-state index is 4.71. The Hall–Kier alpha value is -3.56. The zero-order valence-corrected chi connectivity index (χ0v) is 31.6. The fourth-order valence-electron chi connectivity index (χ4n) is 5.74. The van der Waals surface area contributed by atoms with Crippen molar-refractivity contribution in [1.29, 1.82) is 0 Å². The number of aromatic nitrogens is 4. The number of rotatable bonds is 8. The second-order valence-corrected chi connectivity index (χ2v) is 18.1. The van der Waals surface area contributed by atoms with Gasteiger partial charge in [-0.05, 0) is 97.5 Å². The van der Waals surface area contributed by atoms with E-state index in [-0.39, 0.29) is 0 Å². The predicted molar refractivity (Wildman–Crippen MR) is 211 cm³/mol. The Balaban J connectivity index is 1.07. The number of hydrogen-bond acceptors (Lipinski definition) is 10. The summed E-state index contributed by atoms with van der Waals surface area (Å²) in [5.74, 6) is 8.12. The number of fused-ring (bicyclic) bond motifs is 2. The van der Waals surface area contributed by atoms with E-state index < -0.39 is 0 Å². The summed E-state index contributed by atoms with van der Waals surface area (Å²) in [5.41, 5.74) is 7.43. The van der Waals surface area contributed by atoms with E-state index in [0.717, 1.165) is 57.2 Å². The maximum absolute atomic E-state index is 4.71. The van der Waals surface area contributed by atoms with Crippen LogP contribution in [0.4, 0.5) is 0 Å². The summed E-state index contributed by atoms with van der Waals surface area (Å²) < 4.78 is 18.8. The number of hydrogen-bond donors (Lipinski definition) is 0. The summed E-state index contributed by atoms with van der Waals surface area (Å²) >= 11 is 9.89. The summed E-state index contributed by atoms with van der Waals surface area (Å²) in [6, 6.07) is 26.3. The Morgan fingerprint density at radius 3 is 1.25 bits per heavy atom. The minimum atomic E-state index is 0.658. The highest BCUT2D eigenvalue weighted by Crippen LogP contribution is 2.42. The first-order valence-electron chi connectivity index (χ1n) is 15.8. The van der Waals surface area contributed by atoms with Gasteiger partial charge in [0.05, 0.1) is 34.6 Å². The quantitative estimate of drug-likeness (QED) is 0.146. The summed E-state index contributed by atoms with van der Waals surface area (Å²) in [5, 5.41) is 0. The van der Waals surface area contributed by atoms with Crippen molar-refractivity contribution in [1.82, 2.24) is 17.5 Å². The summed E-state index contributed by atoms with van der Waals surface area (Å²) in [6.07, 6.45) is 2.24. The molecule has 0 amide bonds. The smallest absolute Gasteiger partial charge is 0.121 e. The van der Waals surface area contributed by atoms with Crippen LogP contribution in [-0.2, 0) is 12.8 Å². The normalized spacial score (nSPS) is 11.7. The standard InChI is InChI=1S/C38H30N4S6/c1-21(2)19-25-9-13-31(43-25)33-17-15-29(45-33)27-11-7-23(35-37(27)41-47-39-35)5-6-24-8-12-28(38-36(24)40-48-42-38)30-16-18-34(46-30)32-14-10-26(44-32)20-22(3)4/h7-18,21-22H,19-20H2,1-4H3. The monoisotopic (exact) mass is 734 g/mol. The van der Waals surface area contributed by atoms with E-state index in [1.54, 1.807) is 0 Å². The van der Waals surface area contributed by atoms with Crippen LogP contribution in [0.1, 0.15) is 48.6 Å². The lowest BCUT2D eigenvalue weighted by molar-refractivity contribution is 0.654. The molecule has 6 aromatic heterocycles. The molecule has 0 fully saturated rings. The van der Waals surface area contributed by atoms with Gasteiger partial charge < -0.3 is 0 Å². The van der Waals surface area contributed by atoms with Crippen LogP contribution in [0.2, 0.25) is 0 Å². The molecule has 10 heteroatoms. The van der Waals surface area contributed by atoms with Crippen LogP contribution in [0.3, 0.4) is 0 Å². The molecule has 238 valence electrons. The van der Waals surface area contributed by atoms with Crippen molar-refractivity contribution in [3.63, 3.8) is 0 Å². The molecular weight excluding hydrogens is 705 g/mol. The highest BCUT2D eigenvalue weighted by molar-refractivity contribution is 7.24. The fourth-order valence-corrected chi connectivity index (χ4v) is 11.6. The second-order valence-electron chi connectivity index (χ2n) is 12.5. The van der Waals surface area contributed by atoms with Gasteiger partial charge in [0.25, 0.3) is 0 Å². The average Bonchev–Trinajstić information content (AvgIpc) is 3.90. The molecule has 8 rings (SSSR count). The van der Waals surface area contributed by atoms with Crippen LogP contribution in [0.5, 0.6) is 0 Å². The molecule has 2 aromatic carbocycles. The molecule has 0 saturated carbocycles. The molecule has 4 nitrogen and oxygen atoms in total. The first-order chi connectivity index (χ1) is 23.4. The Kier molecular flexibility index (Phi) is 8.84. The molecule has 6 heterocycles. The van der Waals surface area contributed by atoms with Crippen molar-refractivity contribution in [3.05, 3.63) is 93.7 Å². The highest BCUT2D eigenvalue weighted by Gasteiger charge is 2.17. The molecule has 0 radical (unpaired) electrons. The van der Waals surface area contributed by atoms with Gasteiger partial charge in [0, 0.05) is 50.1 Å². The first-order valence-corrected chi connectivity index (χ1v) is 20.5. The van der Waals surface area contributed by atoms with Gasteiger partial charge in [0.1, 0.15) is 22.1 Å². The van der Waals surface area contributed by atoms with E-state index in [2.05, 4.69) is 121 Å². The third-order valence-corrected chi connectivity index (χ3v) is 13.8. The van der Waals surface area contributed by atoms with Crippen molar-refractivity contribution in [2.75, 3.05) is 0 Å². The van der Waals surface area contributed by atoms with E-state index >= 15 is 0 Å². The van der Waals surface area contributed by atoms with Crippen LogP contribution in [0.25, 0.3) is 62.5 Å². The summed E-state index contributed by atoms with van der Waals surface area (Å²) in [6.45, 7) is 9.08. The summed E-state index contributed by atoms with van der Waals surface area (Å²) in [7, 11) is 0. The topological polar surface area (TPSA) is 51.6 Å². The van der Waals surface area contributed by atoms with Crippen molar-refractivity contribution in [3.8, 4) is 52.2 Å². The number of thiophene rings is 4. The molecule has 0 aliphatic rings. The molecule has 0 atom stereocenters. The van der Waals surface area contributed by atoms with Gasteiger partial charge in [0.15, 0.2) is 0 Å². The van der Waals surface area contributed by atoms with Gasteiger partial charge in [-0.3, -0.25) is 0 Å². The van der Waals surface area contributed by atoms with Crippen molar-refractivity contribution in [2.24, 2.45) is 11.8 Å². The minimum Gasteiger partial charge on any atom is -0.172 e. The molecule has 0 bridgehead atoms. The number of benzene rings is 2. The van der Waals surface area contributed by atoms with Crippen molar-refractivity contribution in [2.45, 2.75) is 40.5 Å². The van der Waals surface area contributed by atoms with E-state index in [1.165, 1.54) is 62.5 Å². The van der Waals surface area contributed by atoms with Gasteiger partial charge in [-0.2, -0.15) is 17.5 Å². The molecule has 0 aliphatic heterocycles. The van der Waals surface area contributed by atoms with Crippen LogP contribution in [0, 0.1) is 23.7 Å². The Morgan fingerprint density at radius 2 is 0.812 bits per heavy atom. The summed E-state index contributed by atoms with van der Waals surface area (Å²) in [4.78, 5) is 10.5. The Labute approximate surface area is 304 Å². The predicted octanol–water partition coefficient (Wildman–Crippen LogP) is 12.4. The molecule has 0 unspecified atom stereocenters. The van der Waals surface area contributed by atoms with Crippen molar-refractivity contribution < 1.29 is 0 Å². The van der Waals surface area contributed by atoms with Gasteiger partial charge >= 0.3 is 0 Å². The Bertz CT molecular complexity index is 2280. The molecular formula is C38H30N4S6. The van der Waals surface area contributed by atoms with Crippen LogP contribution >= 0.6 is 68.8 Å². The molecule has 0 aliphatic carbocycles. The van der Waals surface area contributed by atoms with Crippen LogP contribution < -0.4 is 0 Å². The van der Waals surface area contributed by atoms with E-state index in [4.69, 9.17) is 8.75 Å². The van der Waals surface area contributed by atoms with Crippen LogP contribution in [0.15, 0.2) is 72.8 Å². The molecule has 8 aromatic rings. The van der Waals surface area contributed by atoms with E-state index in [1.807, 2.05) is 45.3 Å². The second kappa shape index (κ2) is 13.4. The number of nitrogens with zero attached hydrogens (tertiary/aromatic N) is 4. The zero-order valence-electron chi connectivity index (χ0n) is 26.7. The zero-order chi connectivity index (χ0) is 32.8. The lowest BCUT2D eigenvalue weighted by Gasteiger charge is -2.02. The maximum Gasteiger partial charge on any atom is 0.121 e. The van der Waals surface area contributed by atoms with Crippen molar-refractivity contribution >= 4 is 90.9 Å². The lowest BCUT2D eigenvalue weighted by Crippen LogP contribution is -1.89. The van der Waals surface area contributed by atoms with E-state index in [9.17, 15) is 0 Å². The average molecular weight is 735 g/mol. The van der Waals surface area contributed by atoms with Gasteiger partial charge in [0.2, 0.25) is 0 Å². The third kappa shape index (κ3) is 6.31. The Morgan fingerprint density at radius 1 is 0.438 bits per heavy atom. The molecule has 0 N–H and O–H groups in total. The fraction of sp³-hybridized carbons (Fsp3) is 0.211.